The molecule has 342 valence electrons. The Balaban J connectivity index is 0.859. The molecular formula is C52H50N12O4. The van der Waals surface area contributed by atoms with Crippen LogP contribution in [0.4, 0.5) is 11.9 Å². The summed E-state index contributed by atoms with van der Waals surface area (Å²) in [6, 6.07) is 29.6. The molecule has 0 radical (unpaired) electrons. The van der Waals surface area contributed by atoms with Crippen molar-refractivity contribution in [1.82, 2.24) is 49.7 Å². The van der Waals surface area contributed by atoms with E-state index in [1.54, 1.807) is 49.3 Å². The smallest absolute Gasteiger partial charge is 0.250 e. The molecule has 0 saturated carbocycles. The van der Waals surface area contributed by atoms with Crippen LogP contribution in [0.3, 0.4) is 0 Å². The predicted molar refractivity (Wildman–Crippen MR) is 257 cm³/mol. The molecule has 68 heavy (non-hydrogen) atoms. The third-order valence-electron chi connectivity index (χ3n) is 12.0. The maximum atomic E-state index is 14.3. The zero-order valence-corrected chi connectivity index (χ0v) is 37.7. The number of hydrogen-bond acceptors (Lipinski definition) is 12. The van der Waals surface area contributed by atoms with Crippen LogP contribution in [0.25, 0.3) is 33.6 Å². The van der Waals surface area contributed by atoms with Crippen molar-refractivity contribution in [2.24, 2.45) is 0 Å². The van der Waals surface area contributed by atoms with E-state index in [0.717, 1.165) is 80.2 Å². The highest BCUT2D eigenvalue weighted by atomic mass is 16.5. The molecule has 2 aliphatic heterocycles. The molecule has 0 bridgehead atoms. The number of rotatable bonds is 18. The van der Waals surface area contributed by atoms with Crippen LogP contribution < -0.4 is 20.1 Å². The number of nitrogens with zero attached hydrogens (tertiary/aromatic N) is 8. The molecule has 0 unspecified atom stereocenters. The molecule has 4 aromatic heterocycles. The maximum Gasteiger partial charge on any atom is 0.250 e. The molecule has 0 spiro atoms. The van der Waals surface area contributed by atoms with E-state index in [1.807, 2.05) is 82.6 Å². The number of carbonyl (C=O) groups is 2. The normalized spacial score (nSPS) is 13.0. The van der Waals surface area contributed by atoms with Crippen LogP contribution in [0.5, 0.6) is 11.5 Å². The van der Waals surface area contributed by atoms with Gasteiger partial charge in [-0.2, -0.15) is 0 Å². The first kappa shape index (κ1) is 43.5. The highest BCUT2D eigenvalue weighted by Gasteiger charge is 2.32. The van der Waals surface area contributed by atoms with Gasteiger partial charge in [0.2, 0.25) is 23.7 Å². The number of anilines is 2. The van der Waals surface area contributed by atoms with Crippen LogP contribution in [0.15, 0.2) is 134 Å². The molecule has 16 heteroatoms. The zero-order valence-electron chi connectivity index (χ0n) is 37.7. The number of ether oxygens (including phenoxy) is 2. The molecule has 8 aromatic rings. The molecular weight excluding hydrogens is 857 g/mol. The van der Waals surface area contributed by atoms with Crippen molar-refractivity contribution in [1.29, 1.82) is 0 Å². The van der Waals surface area contributed by atoms with Crippen LogP contribution in [0.1, 0.15) is 72.7 Å². The Morgan fingerprint density at radius 2 is 0.985 bits per heavy atom. The topological polar surface area (TPSA) is 192 Å². The maximum absolute atomic E-state index is 14.3. The van der Waals surface area contributed by atoms with E-state index >= 15 is 0 Å². The van der Waals surface area contributed by atoms with E-state index < -0.39 is 12.1 Å². The Hall–Kier alpha value is -8.40. The van der Waals surface area contributed by atoms with Gasteiger partial charge in [-0.1, -0.05) is 74.5 Å². The summed E-state index contributed by atoms with van der Waals surface area (Å²) in [6.07, 6.45) is 11.7. The fourth-order valence-electron chi connectivity index (χ4n) is 8.84. The largest absolute Gasteiger partial charge is 0.488 e. The van der Waals surface area contributed by atoms with Crippen molar-refractivity contribution in [3.05, 3.63) is 168 Å². The van der Waals surface area contributed by atoms with E-state index in [-0.39, 0.29) is 24.9 Å². The molecule has 6 heterocycles. The van der Waals surface area contributed by atoms with Gasteiger partial charge in [-0.15, -0.1) is 0 Å². The number of H-pyrrole nitrogens is 2. The lowest BCUT2D eigenvalue weighted by molar-refractivity contribution is -0.133. The second-order valence-electron chi connectivity index (χ2n) is 16.7. The Bertz CT molecular complexity index is 2770. The van der Waals surface area contributed by atoms with Gasteiger partial charge in [0.15, 0.2) is 0 Å². The first-order valence-corrected chi connectivity index (χ1v) is 22.8. The van der Waals surface area contributed by atoms with E-state index in [0.29, 0.717) is 49.8 Å². The van der Waals surface area contributed by atoms with Gasteiger partial charge in [0.05, 0.1) is 36.9 Å². The van der Waals surface area contributed by atoms with Gasteiger partial charge in [-0.25, -0.2) is 29.9 Å². The van der Waals surface area contributed by atoms with Crippen LogP contribution in [0, 0.1) is 0 Å². The van der Waals surface area contributed by atoms with E-state index in [2.05, 4.69) is 66.5 Å². The van der Waals surface area contributed by atoms with Crippen LogP contribution in [-0.4, -0.2) is 74.6 Å². The first-order chi connectivity index (χ1) is 33.4. The third-order valence-corrected chi connectivity index (χ3v) is 12.0. The van der Waals surface area contributed by atoms with Gasteiger partial charge in [-0.3, -0.25) is 9.59 Å². The second kappa shape index (κ2) is 19.6. The number of benzene rings is 4. The molecule has 2 aliphatic rings. The van der Waals surface area contributed by atoms with Crippen LogP contribution >= 0.6 is 0 Å². The Morgan fingerprint density at radius 3 is 1.38 bits per heavy atom. The Kier molecular flexibility index (Phi) is 12.5. The Morgan fingerprint density at radius 1 is 0.574 bits per heavy atom. The average Bonchev–Trinajstić information content (AvgIpc) is 4.07. The quantitative estimate of drug-likeness (QED) is 0.0642. The second-order valence-corrected chi connectivity index (χ2v) is 16.7. The lowest BCUT2D eigenvalue weighted by Crippen LogP contribution is -2.38. The first-order valence-electron chi connectivity index (χ1n) is 22.8. The van der Waals surface area contributed by atoms with Gasteiger partial charge in [0.1, 0.15) is 48.4 Å². The van der Waals surface area contributed by atoms with Crippen LogP contribution in [-0.2, 0) is 35.9 Å². The lowest BCUT2D eigenvalue weighted by Gasteiger charge is -2.30. The van der Waals surface area contributed by atoms with Crippen molar-refractivity contribution < 1.29 is 19.1 Å². The van der Waals surface area contributed by atoms with Crippen molar-refractivity contribution in [3.8, 4) is 45.1 Å². The number of imidazole rings is 2. The minimum atomic E-state index is -0.691. The highest BCUT2D eigenvalue weighted by Crippen LogP contribution is 2.50. The van der Waals surface area contributed by atoms with E-state index in [4.69, 9.17) is 19.4 Å². The minimum Gasteiger partial charge on any atom is -0.488 e. The van der Waals surface area contributed by atoms with E-state index in [9.17, 15) is 9.59 Å². The predicted octanol–water partition coefficient (Wildman–Crippen LogP) is 8.68. The zero-order chi connectivity index (χ0) is 46.4. The standard InChI is InChI=1S/C52H50N12O4/c1-3-21-63(49(65)47(33-13-7-5-8-14-33)61-51-53-17-11-18-54-51)29-43-57-27-39(59-43)35-23-37-31-68-42-26-36(24-38-32-67-41(25-35)45(37)46(38)42)40-28-58-44(60-40)30-64(22-4-2)50(66)48(34-15-9-6-10-16-34)62-52-55-19-12-20-56-52/h5-20,23-28,47-48H,3-4,21-22,29-32H2,1-2H3,(H,57,59)(H,58,60)(H,53,54,61)(H,55,56,62)/t47-,48-/m1/s1. The van der Waals surface area contributed by atoms with Gasteiger partial charge in [0.25, 0.3) is 0 Å². The third kappa shape index (κ3) is 9.20. The molecule has 16 nitrogen and oxygen atoms in total. The lowest BCUT2D eigenvalue weighted by atomic mass is 9.87. The average molecular weight is 907 g/mol. The SMILES string of the molecule is CCCN(Cc1ncc(-c2cc3c4c(c2)OCc2cc(-c5cnc(CN(CCC)C(=O)[C@H](Nc6ncccn6)c6ccccc6)[nH]5)cc(c2-4)OC3)[nH]1)C(=O)[C@H](Nc1ncccn1)c1ccccc1. The molecule has 2 atom stereocenters. The van der Waals surface area contributed by atoms with Crippen molar-refractivity contribution in [2.45, 2.75) is 65.1 Å². The summed E-state index contributed by atoms with van der Waals surface area (Å²) in [6.45, 7) is 6.44. The number of hydrogen-bond donors (Lipinski definition) is 4. The number of aromatic amines is 2. The van der Waals surface area contributed by atoms with Gasteiger partial charge >= 0.3 is 0 Å². The molecule has 0 aliphatic carbocycles. The molecule has 2 amide bonds. The minimum absolute atomic E-state index is 0.107. The van der Waals surface area contributed by atoms with Gasteiger partial charge in [-0.05, 0) is 60.4 Å². The molecule has 4 aromatic carbocycles. The molecule has 0 saturated heterocycles. The summed E-state index contributed by atoms with van der Waals surface area (Å²) < 4.78 is 13.0. The van der Waals surface area contributed by atoms with Gasteiger partial charge < -0.3 is 39.9 Å². The van der Waals surface area contributed by atoms with Gasteiger partial charge in [0, 0.05) is 71.3 Å². The summed E-state index contributed by atoms with van der Waals surface area (Å²) in [5.74, 6) is 3.39. The number of nitrogens with one attached hydrogen (secondary N) is 4. The fourth-order valence-corrected chi connectivity index (χ4v) is 8.84. The van der Waals surface area contributed by atoms with Crippen LogP contribution in [0.2, 0.25) is 0 Å². The van der Waals surface area contributed by atoms with Crippen molar-refractivity contribution >= 4 is 23.7 Å². The number of amides is 2. The summed E-state index contributed by atoms with van der Waals surface area (Å²) in [5.41, 5.74) is 9.10. The Labute approximate surface area is 393 Å². The molecule has 0 fully saturated rings. The van der Waals surface area contributed by atoms with E-state index in [1.165, 1.54) is 0 Å². The number of carbonyl (C=O) groups excluding carboxylic acids is 2. The summed E-state index contributed by atoms with van der Waals surface area (Å²) >= 11 is 0. The number of aromatic nitrogens is 8. The summed E-state index contributed by atoms with van der Waals surface area (Å²) in [4.78, 5) is 65.9. The summed E-state index contributed by atoms with van der Waals surface area (Å²) in [5, 5.41) is 6.50. The fraction of sp³-hybridized carbons (Fsp3) is 0.231. The highest BCUT2D eigenvalue weighted by molar-refractivity contribution is 5.89. The van der Waals surface area contributed by atoms with Crippen molar-refractivity contribution in [2.75, 3.05) is 23.7 Å². The molecule has 10 rings (SSSR count). The monoisotopic (exact) mass is 906 g/mol. The summed E-state index contributed by atoms with van der Waals surface area (Å²) in [7, 11) is 0. The molecule has 4 N–H and O–H groups in total. The van der Waals surface area contributed by atoms with Crippen molar-refractivity contribution in [3.63, 3.8) is 0 Å².